The minimum atomic E-state index is -1.05. The van der Waals surface area contributed by atoms with E-state index in [0.29, 0.717) is 17.0 Å². The summed E-state index contributed by atoms with van der Waals surface area (Å²) in [5, 5.41) is 17.9. The van der Waals surface area contributed by atoms with Crippen LogP contribution in [-0.2, 0) is 0 Å². The molecule has 0 aliphatic carbocycles. The van der Waals surface area contributed by atoms with Crippen LogP contribution in [-0.4, -0.2) is 15.3 Å². The van der Waals surface area contributed by atoms with Crippen LogP contribution in [0.15, 0.2) is 24.3 Å². The molecule has 1 aromatic carbocycles. The zero-order chi connectivity index (χ0) is 13.3. The molecule has 1 aromatic heterocycles. The highest BCUT2D eigenvalue weighted by Gasteiger charge is 2.16. The number of hydrogen-bond donors (Lipinski definition) is 1. The van der Waals surface area contributed by atoms with Gasteiger partial charge in [0.15, 0.2) is 11.6 Å². The van der Waals surface area contributed by atoms with E-state index in [0.717, 1.165) is 12.1 Å². The first kappa shape index (κ1) is 12.6. The van der Waals surface area contributed by atoms with Crippen LogP contribution in [0, 0.1) is 25.5 Å². The summed E-state index contributed by atoms with van der Waals surface area (Å²) in [5.74, 6) is -1.92. The second kappa shape index (κ2) is 4.78. The topological polar surface area (TPSA) is 46.0 Å². The number of aromatic nitrogens is 2. The van der Waals surface area contributed by atoms with E-state index in [-0.39, 0.29) is 5.56 Å². The lowest BCUT2D eigenvalue weighted by Crippen LogP contribution is -2.06. The van der Waals surface area contributed by atoms with Crippen molar-refractivity contribution in [2.45, 2.75) is 20.0 Å². The number of aryl methyl sites for hydroxylation is 2. The van der Waals surface area contributed by atoms with Crippen LogP contribution in [0.3, 0.4) is 0 Å². The standard InChI is InChI=1S/C13H12F2N2O/c1-7-5-10(8(2)17-16-7)13(18)9-3-4-11(14)12(15)6-9/h3-6,13,18H,1-2H3. The first-order valence-electron chi connectivity index (χ1n) is 5.43. The van der Waals surface area contributed by atoms with E-state index in [1.165, 1.54) is 6.07 Å². The van der Waals surface area contributed by atoms with Crippen molar-refractivity contribution in [1.29, 1.82) is 0 Å². The smallest absolute Gasteiger partial charge is 0.159 e. The number of hydrogen-bond acceptors (Lipinski definition) is 3. The molecule has 0 aliphatic heterocycles. The van der Waals surface area contributed by atoms with Crippen molar-refractivity contribution in [3.8, 4) is 0 Å². The lowest BCUT2D eigenvalue weighted by molar-refractivity contribution is 0.218. The summed E-state index contributed by atoms with van der Waals surface area (Å²) < 4.78 is 26.0. The third-order valence-corrected chi connectivity index (χ3v) is 2.69. The number of rotatable bonds is 2. The van der Waals surface area contributed by atoms with Crippen LogP contribution in [0.5, 0.6) is 0 Å². The molecule has 0 spiro atoms. The Balaban J connectivity index is 2.44. The fourth-order valence-corrected chi connectivity index (χ4v) is 1.71. The van der Waals surface area contributed by atoms with Gasteiger partial charge in [0, 0.05) is 5.56 Å². The molecule has 1 N–H and O–H groups in total. The SMILES string of the molecule is Cc1cc(C(O)c2ccc(F)c(F)c2)c(C)nn1. The Morgan fingerprint density at radius 3 is 2.44 bits per heavy atom. The molecule has 3 nitrogen and oxygen atoms in total. The molecule has 1 atom stereocenters. The summed E-state index contributed by atoms with van der Waals surface area (Å²) in [7, 11) is 0. The summed E-state index contributed by atoms with van der Waals surface area (Å²) in [6, 6.07) is 4.99. The molecule has 1 heterocycles. The van der Waals surface area contributed by atoms with E-state index in [4.69, 9.17) is 0 Å². The molecule has 0 bridgehead atoms. The van der Waals surface area contributed by atoms with Gasteiger partial charge in [-0.25, -0.2) is 8.78 Å². The monoisotopic (exact) mass is 250 g/mol. The quantitative estimate of drug-likeness (QED) is 0.890. The maximum absolute atomic E-state index is 13.1. The fourth-order valence-electron chi connectivity index (χ4n) is 1.71. The predicted molar refractivity (Wildman–Crippen MR) is 61.9 cm³/mol. The number of nitrogens with zero attached hydrogens (tertiary/aromatic N) is 2. The lowest BCUT2D eigenvalue weighted by Gasteiger charge is -2.13. The van der Waals surface area contributed by atoms with Gasteiger partial charge in [0.25, 0.3) is 0 Å². The number of halogens is 2. The number of benzene rings is 1. The normalized spacial score (nSPS) is 12.5. The van der Waals surface area contributed by atoms with Crippen LogP contribution < -0.4 is 0 Å². The molecule has 0 aliphatic rings. The van der Waals surface area contributed by atoms with Gasteiger partial charge in [-0.1, -0.05) is 6.07 Å². The molecule has 0 fully saturated rings. The third kappa shape index (κ3) is 2.36. The Bertz CT molecular complexity index is 587. The Hall–Kier alpha value is -1.88. The Labute approximate surface area is 103 Å². The van der Waals surface area contributed by atoms with Crippen LogP contribution in [0.2, 0.25) is 0 Å². The molecule has 0 amide bonds. The minimum absolute atomic E-state index is 0.282. The Morgan fingerprint density at radius 1 is 1.06 bits per heavy atom. The van der Waals surface area contributed by atoms with Gasteiger partial charge >= 0.3 is 0 Å². The van der Waals surface area contributed by atoms with Gasteiger partial charge in [-0.3, -0.25) is 0 Å². The van der Waals surface area contributed by atoms with Crippen LogP contribution in [0.4, 0.5) is 8.78 Å². The van der Waals surface area contributed by atoms with E-state index < -0.39 is 17.7 Å². The Kier molecular flexibility index (Phi) is 3.34. The van der Waals surface area contributed by atoms with Gasteiger partial charge in [-0.05, 0) is 37.6 Å². The average Bonchev–Trinajstić information content (AvgIpc) is 2.35. The van der Waals surface area contributed by atoms with Crippen LogP contribution >= 0.6 is 0 Å². The molecular weight excluding hydrogens is 238 g/mol. The summed E-state index contributed by atoms with van der Waals surface area (Å²) in [4.78, 5) is 0. The van der Waals surface area contributed by atoms with E-state index in [1.807, 2.05) is 0 Å². The highest BCUT2D eigenvalue weighted by atomic mass is 19.2. The average molecular weight is 250 g/mol. The fraction of sp³-hybridized carbons (Fsp3) is 0.231. The second-order valence-corrected chi connectivity index (χ2v) is 4.10. The zero-order valence-corrected chi connectivity index (χ0v) is 9.98. The van der Waals surface area contributed by atoms with Gasteiger partial charge < -0.3 is 5.11 Å². The van der Waals surface area contributed by atoms with E-state index >= 15 is 0 Å². The van der Waals surface area contributed by atoms with E-state index in [9.17, 15) is 13.9 Å². The maximum atomic E-state index is 13.1. The molecular formula is C13H12F2N2O. The van der Waals surface area contributed by atoms with Crippen molar-refractivity contribution in [3.05, 3.63) is 58.4 Å². The molecule has 18 heavy (non-hydrogen) atoms. The molecule has 1 unspecified atom stereocenters. The maximum Gasteiger partial charge on any atom is 0.159 e. The van der Waals surface area contributed by atoms with Crippen molar-refractivity contribution >= 4 is 0 Å². The van der Waals surface area contributed by atoms with Gasteiger partial charge in [-0.15, -0.1) is 0 Å². The van der Waals surface area contributed by atoms with Gasteiger partial charge in [0.1, 0.15) is 6.10 Å². The third-order valence-electron chi connectivity index (χ3n) is 2.69. The second-order valence-electron chi connectivity index (χ2n) is 4.10. The van der Waals surface area contributed by atoms with Gasteiger partial charge in [0.2, 0.25) is 0 Å². The van der Waals surface area contributed by atoms with Crippen molar-refractivity contribution in [2.24, 2.45) is 0 Å². The van der Waals surface area contributed by atoms with Gasteiger partial charge in [-0.2, -0.15) is 10.2 Å². The molecule has 94 valence electrons. The van der Waals surface area contributed by atoms with Crippen LogP contribution in [0.1, 0.15) is 28.6 Å². The summed E-state index contributed by atoms with van der Waals surface area (Å²) in [6.45, 7) is 3.44. The summed E-state index contributed by atoms with van der Waals surface area (Å²) >= 11 is 0. The molecule has 2 rings (SSSR count). The molecule has 0 radical (unpaired) electrons. The Morgan fingerprint density at radius 2 is 1.78 bits per heavy atom. The lowest BCUT2D eigenvalue weighted by atomic mass is 10.0. The summed E-state index contributed by atoms with van der Waals surface area (Å²) in [5.41, 5.74) is 2.02. The zero-order valence-electron chi connectivity index (χ0n) is 9.98. The van der Waals surface area contributed by atoms with Crippen molar-refractivity contribution in [3.63, 3.8) is 0 Å². The van der Waals surface area contributed by atoms with E-state index in [1.54, 1.807) is 19.9 Å². The predicted octanol–water partition coefficient (Wildman–Crippen LogP) is 2.45. The summed E-state index contributed by atoms with van der Waals surface area (Å²) in [6.07, 6.45) is -1.05. The first-order valence-corrected chi connectivity index (χ1v) is 5.43. The molecule has 0 saturated heterocycles. The molecule has 0 saturated carbocycles. The molecule has 5 heteroatoms. The highest BCUT2D eigenvalue weighted by Crippen LogP contribution is 2.25. The molecule has 2 aromatic rings. The number of aliphatic hydroxyl groups excluding tert-OH is 1. The van der Waals surface area contributed by atoms with E-state index in [2.05, 4.69) is 10.2 Å². The van der Waals surface area contributed by atoms with Crippen molar-refractivity contribution < 1.29 is 13.9 Å². The van der Waals surface area contributed by atoms with Crippen molar-refractivity contribution in [1.82, 2.24) is 10.2 Å². The minimum Gasteiger partial charge on any atom is -0.384 e. The number of aliphatic hydroxyl groups is 1. The largest absolute Gasteiger partial charge is 0.384 e. The highest BCUT2D eigenvalue weighted by molar-refractivity contribution is 5.32. The van der Waals surface area contributed by atoms with Crippen LogP contribution in [0.25, 0.3) is 0 Å². The first-order chi connectivity index (χ1) is 8.49. The van der Waals surface area contributed by atoms with Gasteiger partial charge in [0.05, 0.1) is 11.4 Å². The van der Waals surface area contributed by atoms with Crippen molar-refractivity contribution in [2.75, 3.05) is 0 Å².